The molecule has 3 nitrogen and oxygen atoms in total. The third-order valence-corrected chi connectivity index (χ3v) is 4.31. The summed E-state index contributed by atoms with van der Waals surface area (Å²) in [6.45, 7) is 0. The number of hydrogen-bond donors (Lipinski definition) is 2. The lowest BCUT2D eigenvalue weighted by molar-refractivity contribution is -0.120. The van der Waals surface area contributed by atoms with E-state index in [0.717, 1.165) is 24.5 Å². The lowest BCUT2D eigenvalue weighted by Crippen LogP contribution is -2.46. The molecule has 0 radical (unpaired) electrons. The number of carbonyl (C=O) groups is 1. The zero-order chi connectivity index (χ0) is 16.4. The zero-order valence-corrected chi connectivity index (χ0v) is 12.5. The Hall–Kier alpha value is -2.27. The summed E-state index contributed by atoms with van der Waals surface area (Å²) in [7, 11) is 0. The van der Waals surface area contributed by atoms with Crippen LogP contribution in [0.3, 0.4) is 0 Å². The molecule has 0 bridgehead atoms. The zero-order valence-electron chi connectivity index (χ0n) is 12.5. The van der Waals surface area contributed by atoms with Crippen LogP contribution in [0.25, 0.3) is 0 Å². The van der Waals surface area contributed by atoms with Crippen molar-refractivity contribution in [1.29, 1.82) is 0 Å². The van der Waals surface area contributed by atoms with Gasteiger partial charge in [0.2, 0.25) is 5.91 Å². The topological polar surface area (TPSA) is 55.1 Å². The molecule has 0 aliphatic heterocycles. The average molecular weight is 316 g/mol. The Morgan fingerprint density at radius 1 is 1.09 bits per heavy atom. The Bertz CT molecular complexity index is 679. The molecular formula is C18H18F2N2O. The van der Waals surface area contributed by atoms with Gasteiger partial charge in [0, 0.05) is 12.1 Å². The standard InChI is InChI=1S/C18H18F2N2O/c19-14-6-12(7-15(20)10-14)13-8-16(9-13)22-17(18(21)23)11-4-2-1-3-5-11/h1-7,10,13,16-17,22H,8-9H2,(H2,21,23). The highest BCUT2D eigenvalue weighted by molar-refractivity contribution is 5.81. The molecule has 0 spiro atoms. The highest BCUT2D eigenvalue weighted by Gasteiger charge is 2.33. The maximum absolute atomic E-state index is 13.3. The van der Waals surface area contributed by atoms with Crippen LogP contribution in [-0.2, 0) is 4.79 Å². The normalized spacial score (nSPS) is 21.5. The van der Waals surface area contributed by atoms with Crippen LogP contribution in [0.1, 0.15) is 35.9 Å². The van der Waals surface area contributed by atoms with Crippen LogP contribution in [0, 0.1) is 11.6 Å². The van der Waals surface area contributed by atoms with Gasteiger partial charge in [-0.3, -0.25) is 10.1 Å². The number of nitrogens with two attached hydrogens (primary N) is 1. The molecule has 2 aromatic rings. The minimum atomic E-state index is -0.560. The van der Waals surface area contributed by atoms with Gasteiger partial charge in [-0.25, -0.2) is 8.78 Å². The first-order valence-corrected chi connectivity index (χ1v) is 7.59. The molecule has 1 amide bonds. The summed E-state index contributed by atoms with van der Waals surface area (Å²) in [6, 6.07) is 12.4. The molecule has 2 aromatic carbocycles. The number of halogens is 2. The molecule has 3 rings (SSSR count). The van der Waals surface area contributed by atoms with Gasteiger partial charge in [-0.2, -0.15) is 0 Å². The molecule has 1 atom stereocenters. The fourth-order valence-electron chi connectivity index (χ4n) is 3.06. The number of rotatable bonds is 5. The monoisotopic (exact) mass is 316 g/mol. The van der Waals surface area contributed by atoms with Crippen molar-refractivity contribution in [3.8, 4) is 0 Å². The number of amides is 1. The maximum Gasteiger partial charge on any atom is 0.239 e. The van der Waals surface area contributed by atoms with E-state index in [1.165, 1.54) is 12.1 Å². The predicted octanol–water partition coefficient (Wildman–Crippen LogP) is 3.03. The Kier molecular flexibility index (Phi) is 4.39. The molecule has 5 heteroatoms. The largest absolute Gasteiger partial charge is 0.368 e. The maximum atomic E-state index is 13.3. The lowest BCUT2D eigenvalue weighted by Gasteiger charge is -2.38. The second-order valence-electron chi connectivity index (χ2n) is 5.98. The Morgan fingerprint density at radius 3 is 2.26 bits per heavy atom. The highest BCUT2D eigenvalue weighted by atomic mass is 19.1. The van der Waals surface area contributed by atoms with Crippen molar-refractivity contribution in [2.24, 2.45) is 5.73 Å². The molecule has 1 aliphatic carbocycles. The van der Waals surface area contributed by atoms with Crippen molar-refractivity contribution in [3.63, 3.8) is 0 Å². The highest BCUT2D eigenvalue weighted by Crippen LogP contribution is 2.38. The summed E-state index contributed by atoms with van der Waals surface area (Å²) in [5, 5.41) is 3.24. The van der Waals surface area contributed by atoms with E-state index in [-0.39, 0.29) is 12.0 Å². The van der Waals surface area contributed by atoms with Crippen LogP contribution in [0.15, 0.2) is 48.5 Å². The quantitative estimate of drug-likeness (QED) is 0.891. The summed E-state index contributed by atoms with van der Waals surface area (Å²) in [6.07, 6.45) is 1.44. The van der Waals surface area contributed by atoms with Gasteiger partial charge < -0.3 is 5.73 Å². The second-order valence-corrected chi connectivity index (χ2v) is 5.98. The first-order chi connectivity index (χ1) is 11.0. The first-order valence-electron chi connectivity index (χ1n) is 7.59. The van der Waals surface area contributed by atoms with Crippen LogP contribution < -0.4 is 11.1 Å². The number of hydrogen-bond acceptors (Lipinski definition) is 2. The van der Waals surface area contributed by atoms with E-state index in [2.05, 4.69) is 5.32 Å². The van der Waals surface area contributed by atoms with E-state index in [9.17, 15) is 13.6 Å². The van der Waals surface area contributed by atoms with Gasteiger partial charge in [0.05, 0.1) is 0 Å². The smallest absolute Gasteiger partial charge is 0.239 e. The summed E-state index contributed by atoms with van der Waals surface area (Å²) in [5.74, 6) is -1.45. The fraction of sp³-hybridized carbons (Fsp3) is 0.278. The van der Waals surface area contributed by atoms with E-state index in [1.807, 2.05) is 30.3 Å². The average Bonchev–Trinajstić information content (AvgIpc) is 2.45. The van der Waals surface area contributed by atoms with E-state index in [0.29, 0.717) is 5.56 Å². The molecule has 0 heterocycles. The van der Waals surface area contributed by atoms with E-state index >= 15 is 0 Å². The third kappa shape index (κ3) is 3.56. The van der Waals surface area contributed by atoms with E-state index in [1.54, 1.807) is 0 Å². The Morgan fingerprint density at radius 2 is 1.70 bits per heavy atom. The van der Waals surface area contributed by atoms with Crippen LogP contribution in [0.4, 0.5) is 8.78 Å². The van der Waals surface area contributed by atoms with Crippen LogP contribution in [0.5, 0.6) is 0 Å². The summed E-state index contributed by atoms with van der Waals surface area (Å²) in [4.78, 5) is 11.7. The van der Waals surface area contributed by atoms with Gasteiger partial charge in [0.15, 0.2) is 0 Å². The van der Waals surface area contributed by atoms with Gasteiger partial charge in [0.1, 0.15) is 17.7 Å². The van der Waals surface area contributed by atoms with Gasteiger partial charge in [-0.15, -0.1) is 0 Å². The fourth-order valence-corrected chi connectivity index (χ4v) is 3.06. The van der Waals surface area contributed by atoms with Crippen LogP contribution >= 0.6 is 0 Å². The number of primary amides is 1. The molecule has 23 heavy (non-hydrogen) atoms. The van der Waals surface area contributed by atoms with Crippen LogP contribution in [-0.4, -0.2) is 11.9 Å². The van der Waals surface area contributed by atoms with Crippen molar-refractivity contribution in [2.75, 3.05) is 0 Å². The summed E-state index contributed by atoms with van der Waals surface area (Å²) >= 11 is 0. The van der Waals surface area contributed by atoms with Crippen molar-refractivity contribution >= 4 is 5.91 Å². The molecule has 1 aliphatic rings. The molecule has 0 saturated heterocycles. The minimum absolute atomic E-state index is 0.0991. The number of carbonyl (C=O) groups excluding carboxylic acids is 1. The first kappa shape index (κ1) is 15.6. The molecule has 1 unspecified atom stereocenters. The van der Waals surface area contributed by atoms with Crippen LogP contribution in [0.2, 0.25) is 0 Å². The molecule has 1 fully saturated rings. The van der Waals surface area contributed by atoms with Crippen molar-refractivity contribution in [1.82, 2.24) is 5.32 Å². The Labute approximate surface area is 133 Å². The lowest BCUT2D eigenvalue weighted by atomic mass is 9.75. The Balaban J connectivity index is 1.63. The van der Waals surface area contributed by atoms with Gasteiger partial charge >= 0.3 is 0 Å². The molecule has 0 aromatic heterocycles. The van der Waals surface area contributed by atoms with Crippen molar-refractivity contribution in [2.45, 2.75) is 30.8 Å². The second kappa shape index (κ2) is 6.46. The van der Waals surface area contributed by atoms with Gasteiger partial charge in [0.25, 0.3) is 0 Å². The predicted molar refractivity (Wildman–Crippen MR) is 83.6 cm³/mol. The SMILES string of the molecule is NC(=O)C(NC1CC(c2cc(F)cc(F)c2)C1)c1ccccc1. The molecular weight excluding hydrogens is 298 g/mol. The molecule has 3 N–H and O–H groups in total. The van der Waals surface area contributed by atoms with E-state index < -0.39 is 23.6 Å². The van der Waals surface area contributed by atoms with Gasteiger partial charge in [-0.1, -0.05) is 30.3 Å². The third-order valence-electron chi connectivity index (χ3n) is 4.31. The summed E-state index contributed by atoms with van der Waals surface area (Å²) < 4.78 is 26.5. The molecule has 120 valence electrons. The minimum Gasteiger partial charge on any atom is -0.368 e. The summed E-state index contributed by atoms with van der Waals surface area (Å²) in [5.41, 5.74) is 6.96. The van der Waals surface area contributed by atoms with Crippen molar-refractivity contribution in [3.05, 3.63) is 71.3 Å². The van der Waals surface area contributed by atoms with Crippen molar-refractivity contribution < 1.29 is 13.6 Å². The number of benzene rings is 2. The molecule has 1 saturated carbocycles. The number of nitrogens with one attached hydrogen (secondary N) is 1. The van der Waals surface area contributed by atoms with Gasteiger partial charge in [-0.05, 0) is 42.0 Å². The van der Waals surface area contributed by atoms with E-state index in [4.69, 9.17) is 5.73 Å².